The predicted octanol–water partition coefficient (Wildman–Crippen LogP) is 2.01. The fourth-order valence-electron chi connectivity index (χ4n) is 1.15. The van der Waals surface area contributed by atoms with Crippen LogP contribution < -0.4 is 10.2 Å². The van der Waals surface area contributed by atoms with Gasteiger partial charge in [-0.15, -0.1) is 0 Å². The number of hydrogen-bond donors (Lipinski definition) is 0. The molecular weight excluding hydrogens is 148 g/mol. The molecule has 0 amide bonds. The van der Waals surface area contributed by atoms with Crippen LogP contribution in [0.3, 0.4) is 0 Å². The summed E-state index contributed by atoms with van der Waals surface area (Å²) in [6.45, 7) is 2.89. The maximum Gasteiger partial charge on any atom is 0.0807 e. The highest BCUT2D eigenvalue weighted by molar-refractivity contribution is 5.65. The van der Waals surface area contributed by atoms with E-state index in [1.54, 1.807) is 0 Å². The lowest BCUT2D eigenvalue weighted by Gasteiger charge is -2.16. The lowest BCUT2D eigenvalue weighted by atomic mass is 10.2. The summed E-state index contributed by atoms with van der Waals surface area (Å²) in [5.74, 6) is 0. The van der Waals surface area contributed by atoms with E-state index < -0.39 is 0 Å². The normalized spacial score (nSPS) is 9.58. The van der Waals surface area contributed by atoms with E-state index in [0.717, 1.165) is 12.2 Å². The average molecular weight is 163 g/mol. The Hall–Kier alpha value is -1.18. The van der Waals surface area contributed by atoms with E-state index in [-0.39, 0.29) is 0 Å². The first-order chi connectivity index (χ1) is 5.75. The molecule has 12 heavy (non-hydrogen) atoms. The van der Waals surface area contributed by atoms with Gasteiger partial charge in [0.05, 0.1) is 11.4 Å². The molecule has 2 heteroatoms. The summed E-state index contributed by atoms with van der Waals surface area (Å²) < 4.78 is 0. The quantitative estimate of drug-likeness (QED) is 0.666. The Morgan fingerprint density at radius 1 is 1.25 bits per heavy atom. The Kier molecular flexibility index (Phi) is 2.97. The van der Waals surface area contributed by atoms with Crippen molar-refractivity contribution < 1.29 is 0 Å². The molecule has 0 aliphatic heterocycles. The van der Waals surface area contributed by atoms with Gasteiger partial charge >= 0.3 is 0 Å². The molecule has 0 unspecified atom stereocenters. The second-order valence-corrected chi connectivity index (χ2v) is 2.86. The zero-order valence-corrected chi connectivity index (χ0v) is 7.91. The van der Waals surface area contributed by atoms with Gasteiger partial charge in [-0.25, -0.2) is 0 Å². The molecule has 0 fully saturated rings. The fraction of sp³-hybridized carbons (Fsp3) is 0.400. The second-order valence-electron chi connectivity index (χ2n) is 2.86. The Labute approximate surface area is 74.2 Å². The first-order valence-corrected chi connectivity index (χ1v) is 4.19. The van der Waals surface area contributed by atoms with Gasteiger partial charge in [0.2, 0.25) is 0 Å². The van der Waals surface area contributed by atoms with E-state index >= 15 is 0 Å². The monoisotopic (exact) mass is 163 g/mol. The molecule has 0 N–H and O–H groups in total. The van der Waals surface area contributed by atoms with Gasteiger partial charge in [0.1, 0.15) is 0 Å². The third-order valence-corrected chi connectivity index (χ3v) is 1.69. The molecule has 0 atom stereocenters. The molecule has 1 rings (SSSR count). The molecule has 0 saturated heterocycles. The minimum Gasteiger partial charge on any atom is -0.376 e. The van der Waals surface area contributed by atoms with Crippen molar-refractivity contribution >= 4 is 11.4 Å². The Balaban J connectivity index is 2.92. The van der Waals surface area contributed by atoms with Gasteiger partial charge in [-0.1, -0.05) is 12.1 Å². The number of anilines is 1. The standard InChI is InChI=1S/C10H15N2/c1-4-11-9-7-5-6-8-10(9)12(2)3/h5-8H,4H2,1-3H3. The van der Waals surface area contributed by atoms with Crippen molar-refractivity contribution in [2.45, 2.75) is 6.92 Å². The Morgan fingerprint density at radius 2 is 1.92 bits per heavy atom. The highest BCUT2D eigenvalue weighted by Crippen LogP contribution is 2.22. The summed E-state index contributed by atoms with van der Waals surface area (Å²) in [6, 6.07) is 8.17. The van der Waals surface area contributed by atoms with Crippen LogP contribution in [0.1, 0.15) is 6.92 Å². The number of para-hydroxylation sites is 2. The second kappa shape index (κ2) is 4.00. The van der Waals surface area contributed by atoms with E-state index in [1.165, 1.54) is 5.69 Å². The minimum absolute atomic E-state index is 0.838. The van der Waals surface area contributed by atoms with Gasteiger partial charge < -0.3 is 4.90 Å². The van der Waals surface area contributed by atoms with E-state index in [4.69, 9.17) is 0 Å². The zero-order chi connectivity index (χ0) is 8.97. The van der Waals surface area contributed by atoms with Crippen LogP contribution >= 0.6 is 0 Å². The Morgan fingerprint density at radius 3 is 2.50 bits per heavy atom. The smallest absolute Gasteiger partial charge is 0.0807 e. The molecule has 0 bridgehead atoms. The average Bonchev–Trinajstić information content (AvgIpc) is 2.05. The summed E-state index contributed by atoms with van der Waals surface area (Å²) in [5, 5.41) is 4.39. The van der Waals surface area contributed by atoms with Crippen molar-refractivity contribution in [3.63, 3.8) is 0 Å². The van der Waals surface area contributed by atoms with Crippen LogP contribution in [0.15, 0.2) is 24.3 Å². The summed E-state index contributed by atoms with van der Waals surface area (Å²) in [4.78, 5) is 2.08. The first-order valence-electron chi connectivity index (χ1n) is 4.19. The molecule has 2 nitrogen and oxygen atoms in total. The molecule has 0 heterocycles. The minimum atomic E-state index is 0.838. The van der Waals surface area contributed by atoms with Crippen LogP contribution in [0, 0.1) is 0 Å². The van der Waals surface area contributed by atoms with Crippen molar-refractivity contribution in [2.24, 2.45) is 0 Å². The van der Waals surface area contributed by atoms with E-state index in [2.05, 4.69) is 16.3 Å². The van der Waals surface area contributed by atoms with Gasteiger partial charge in [0.15, 0.2) is 0 Å². The van der Waals surface area contributed by atoms with Gasteiger partial charge in [0, 0.05) is 20.6 Å². The number of nitrogens with zero attached hydrogens (tertiary/aromatic N) is 2. The summed E-state index contributed by atoms with van der Waals surface area (Å²) in [5.41, 5.74) is 2.25. The Bertz CT molecular complexity index is 243. The molecule has 65 valence electrons. The molecule has 0 spiro atoms. The zero-order valence-electron chi connectivity index (χ0n) is 7.91. The lowest BCUT2D eigenvalue weighted by Crippen LogP contribution is -2.11. The topological polar surface area (TPSA) is 17.3 Å². The van der Waals surface area contributed by atoms with Crippen molar-refractivity contribution in [3.05, 3.63) is 24.3 Å². The van der Waals surface area contributed by atoms with Crippen LogP contribution in [0.25, 0.3) is 0 Å². The molecule has 1 aromatic carbocycles. The van der Waals surface area contributed by atoms with E-state index in [0.29, 0.717) is 0 Å². The van der Waals surface area contributed by atoms with E-state index in [1.807, 2.05) is 39.2 Å². The van der Waals surface area contributed by atoms with Crippen molar-refractivity contribution in [2.75, 3.05) is 25.5 Å². The highest BCUT2D eigenvalue weighted by Gasteiger charge is 2.01. The van der Waals surface area contributed by atoms with Crippen molar-refractivity contribution in [1.82, 2.24) is 5.32 Å². The highest BCUT2D eigenvalue weighted by atomic mass is 15.1. The van der Waals surface area contributed by atoms with Crippen LogP contribution in [-0.2, 0) is 0 Å². The summed E-state index contributed by atoms with van der Waals surface area (Å²) in [7, 11) is 4.06. The third kappa shape index (κ3) is 1.91. The molecule has 0 aliphatic carbocycles. The lowest BCUT2D eigenvalue weighted by molar-refractivity contribution is 0.906. The summed E-state index contributed by atoms with van der Waals surface area (Å²) >= 11 is 0. The molecule has 1 radical (unpaired) electrons. The number of hydrogen-bond acceptors (Lipinski definition) is 1. The van der Waals surface area contributed by atoms with Gasteiger partial charge in [-0.05, 0) is 19.1 Å². The predicted molar refractivity (Wildman–Crippen MR) is 53.1 cm³/mol. The molecular formula is C10H15N2. The van der Waals surface area contributed by atoms with Crippen LogP contribution in [0.4, 0.5) is 11.4 Å². The summed E-state index contributed by atoms with van der Waals surface area (Å²) in [6.07, 6.45) is 0. The number of rotatable bonds is 3. The molecule has 1 aromatic rings. The van der Waals surface area contributed by atoms with Crippen LogP contribution in [-0.4, -0.2) is 20.6 Å². The van der Waals surface area contributed by atoms with E-state index in [9.17, 15) is 0 Å². The third-order valence-electron chi connectivity index (χ3n) is 1.69. The maximum absolute atomic E-state index is 4.39. The SMILES string of the molecule is CC[N]c1ccccc1N(C)C. The van der Waals surface area contributed by atoms with Crippen molar-refractivity contribution in [3.8, 4) is 0 Å². The maximum atomic E-state index is 4.39. The van der Waals surface area contributed by atoms with Gasteiger partial charge in [-0.2, -0.15) is 0 Å². The largest absolute Gasteiger partial charge is 0.376 e. The van der Waals surface area contributed by atoms with Crippen molar-refractivity contribution in [1.29, 1.82) is 0 Å². The van der Waals surface area contributed by atoms with Gasteiger partial charge in [0.25, 0.3) is 0 Å². The molecule has 0 aromatic heterocycles. The molecule has 0 saturated carbocycles. The molecule has 0 aliphatic rings. The van der Waals surface area contributed by atoms with Gasteiger partial charge in [-0.3, -0.25) is 5.32 Å². The fourth-order valence-corrected chi connectivity index (χ4v) is 1.15. The number of benzene rings is 1. The first kappa shape index (κ1) is 8.91. The van der Waals surface area contributed by atoms with Crippen LogP contribution in [0.2, 0.25) is 0 Å². The van der Waals surface area contributed by atoms with Crippen LogP contribution in [0.5, 0.6) is 0 Å².